The van der Waals surface area contributed by atoms with Crippen LogP contribution in [0.25, 0.3) is 0 Å². The number of rotatable bonds is 2. The standard InChI is InChI=1S/C11H15NO4/c13-8-5-9(11(15)16)12(6-8)10(14)7-3-1-2-4-7/h1-2,7-9,13H,3-6H2,(H,15,16)/t8?,9-/m0/s1. The predicted molar refractivity (Wildman–Crippen MR) is 55.6 cm³/mol. The average Bonchev–Trinajstić information content (AvgIpc) is 2.84. The van der Waals surface area contributed by atoms with Crippen molar-refractivity contribution in [3.05, 3.63) is 12.2 Å². The first-order chi connectivity index (χ1) is 7.59. The maximum absolute atomic E-state index is 12.0. The van der Waals surface area contributed by atoms with Crippen LogP contribution in [0.4, 0.5) is 0 Å². The first kappa shape index (κ1) is 11.1. The Morgan fingerprint density at radius 3 is 2.44 bits per heavy atom. The summed E-state index contributed by atoms with van der Waals surface area (Å²) in [7, 11) is 0. The topological polar surface area (TPSA) is 77.8 Å². The number of allylic oxidation sites excluding steroid dienone is 2. The van der Waals surface area contributed by atoms with Crippen molar-refractivity contribution in [1.82, 2.24) is 4.90 Å². The van der Waals surface area contributed by atoms with Crippen LogP contribution in [0.2, 0.25) is 0 Å². The van der Waals surface area contributed by atoms with Gasteiger partial charge in [-0.15, -0.1) is 0 Å². The molecule has 1 aliphatic carbocycles. The maximum Gasteiger partial charge on any atom is 0.326 e. The number of aliphatic carboxylic acids is 1. The number of nitrogens with zero attached hydrogens (tertiary/aromatic N) is 1. The van der Waals surface area contributed by atoms with Crippen LogP contribution < -0.4 is 0 Å². The van der Waals surface area contributed by atoms with Crippen LogP contribution in [0.5, 0.6) is 0 Å². The number of carbonyl (C=O) groups is 2. The Hall–Kier alpha value is -1.36. The summed E-state index contributed by atoms with van der Waals surface area (Å²) in [5, 5.41) is 18.4. The Morgan fingerprint density at radius 1 is 1.25 bits per heavy atom. The summed E-state index contributed by atoms with van der Waals surface area (Å²) in [6.07, 6.45) is 4.66. The number of carboxylic acid groups (broad SMARTS) is 1. The van der Waals surface area contributed by atoms with Crippen LogP contribution >= 0.6 is 0 Å². The van der Waals surface area contributed by atoms with E-state index in [0.29, 0.717) is 12.8 Å². The fourth-order valence-electron chi connectivity index (χ4n) is 2.34. The van der Waals surface area contributed by atoms with Crippen molar-refractivity contribution in [2.45, 2.75) is 31.4 Å². The third-order valence-electron chi connectivity index (χ3n) is 3.20. The molecule has 2 aliphatic rings. The lowest BCUT2D eigenvalue weighted by atomic mass is 10.1. The molecule has 0 saturated carbocycles. The molecule has 1 saturated heterocycles. The van der Waals surface area contributed by atoms with E-state index < -0.39 is 18.1 Å². The van der Waals surface area contributed by atoms with E-state index in [1.807, 2.05) is 12.2 Å². The second kappa shape index (κ2) is 4.25. The summed E-state index contributed by atoms with van der Waals surface area (Å²) in [6.45, 7) is 0.145. The van der Waals surface area contributed by atoms with Crippen molar-refractivity contribution in [3.63, 3.8) is 0 Å². The molecule has 1 fully saturated rings. The van der Waals surface area contributed by atoms with Crippen LogP contribution in [0.15, 0.2) is 12.2 Å². The number of carbonyl (C=O) groups excluding carboxylic acids is 1. The van der Waals surface area contributed by atoms with Crippen molar-refractivity contribution in [2.75, 3.05) is 6.54 Å². The molecule has 16 heavy (non-hydrogen) atoms. The number of aliphatic hydroxyl groups excluding tert-OH is 1. The smallest absolute Gasteiger partial charge is 0.326 e. The minimum Gasteiger partial charge on any atom is -0.480 e. The van der Waals surface area contributed by atoms with Crippen LogP contribution in [0.1, 0.15) is 19.3 Å². The van der Waals surface area contributed by atoms with Gasteiger partial charge in [0.1, 0.15) is 6.04 Å². The zero-order valence-electron chi connectivity index (χ0n) is 8.87. The number of likely N-dealkylation sites (tertiary alicyclic amines) is 1. The lowest BCUT2D eigenvalue weighted by Gasteiger charge is -2.24. The van der Waals surface area contributed by atoms with E-state index in [0.717, 1.165) is 0 Å². The number of hydrogen-bond donors (Lipinski definition) is 2. The Balaban J connectivity index is 2.06. The van der Waals surface area contributed by atoms with Crippen molar-refractivity contribution < 1.29 is 19.8 Å². The highest BCUT2D eigenvalue weighted by Crippen LogP contribution is 2.26. The van der Waals surface area contributed by atoms with Gasteiger partial charge in [0.25, 0.3) is 0 Å². The van der Waals surface area contributed by atoms with E-state index in [1.54, 1.807) is 0 Å². The number of β-amino-alcohol motifs (C(OH)–C–C–N with tert-alkyl or cyclic N) is 1. The van der Waals surface area contributed by atoms with E-state index in [4.69, 9.17) is 5.11 Å². The molecule has 88 valence electrons. The monoisotopic (exact) mass is 225 g/mol. The first-order valence-corrected chi connectivity index (χ1v) is 5.46. The Bertz CT molecular complexity index is 331. The molecule has 2 rings (SSSR count). The molecule has 1 aliphatic heterocycles. The molecule has 1 heterocycles. The van der Waals surface area contributed by atoms with Gasteiger partial charge in [-0.3, -0.25) is 4.79 Å². The average molecular weight is 225 g/mol. The van der Waals surface area contributed by atoms with Crippen molar-refractivity contribution >= 4 is 11.9 Å². The third-order valence-corrected chi connectivity index (χ3v) is 3.20. The molecule has 2 atom stereocenters. The fraction of sp³-hybridized carbons (Fsp3) is 0.636. The van der Waals surface area contributed by atoms with E-state index in [2.05, 4.69) is 0 Å². The van der Waals surface area contributed by atoms with E-state index in [-0.39, 0.29) is 24.8 Å². The fourth-order valence-corrected chi connectivity index (χ4v) is 2.34. The van der Waals surface area contributed by atoms with Crippen LogP contribution in [-0.4, -0.2) is 45.7 Å². The highest BCUT2D eigenvalue weighted by molar-refractivity contribution is 5.86. The third kappa shape index (κ3) is 1.95. The molecule has 0 aromatic rings. The maximum atomic E-state index is 12.0. The molecule has 1 amide bonds. The Morgan fingerprint density at radius 2 is 1.88 bits per heavy atom. The van der Waals surface area contributed by atoms with Crippen LogP contribution in [0, 0.1) is 5.92 Å². The highest BCUT2D eigenvalue weighted by Gasteiger charge is 2.40. The molecule has 0 bridgehead atoms. The number of amides is 1. The van der Waals surface area contributed by atoms with Crippen molar-refractivity contribution in [3.8, 4) is 0 Å². The van der Waals surface area contributed by atoms with Gasteiger partial charge in [0, 0.05) is 18.9 Å². The molecule has 5 heteroatoms. The molecule has 1 unspecified atom stereocenters. The second-order valence-corrected chi connectivity index (χ2v) is 4.37. The number of aliphatic hydroxyl groups is 1. The zero-order valence-corrected chi connectivity index (χ0v) is 8.87. The van der Waals surface area contributed by atoms with E-state index >= 15 is 0 Å². The Labute approximate surface area is 93.4 Å². The number of carboxylic acids is 1. The molecule has 0 aromatic carbocycles. The molecular weight excluding hydrogens is 210 g/mol. The molecule has 0 radical (unpaired) electrons. The van der Waals surface area contributed by atoms with E-state index in [9.17, 15) is 14.7 Å². The largest absolute Gasteiger partial charge is 0.480 e. The summed E-state index contributed by atoms with van der Waals surface area (Å²) in [4.78, 5) is 24.3. The van der Waals surface area contributed by atoms with Crippen molar-refractivity contribution in [2.24, 2.45) is 5.92 Å². The predicted octanol–water partition coefficient (Wildman–Crippen LogP) is -0.00100. The summed E-state index contributed by atoms with van der Waals surface area (Å²) >= 11 is 0. The number of hydrogen-bond acceptors (Lipinski definition) is 3. The quantitative estimate of drug-likeness (QED) is 0.648. The van der Waals surface area contributed by atoms with Crippen molar-refractivity contribution in [1.29, 1.82) is 0 Å². The van der Waals surface area contributed by atoms with Gasteiger partial charge < -0.3 is 15.1 Å². The van der Waals surface area contributed by atoms with Gasteiger partial charge >= 0.3 is 5.97 Å². The summed E-state index contributed by atoms with van der Waals surface area (Å²) in [6, 6.07) is -0.858. The highest BCUT2D eigenvalue weighted by atomic mass is 16.4. The summed E-state index contributed by atoms with van der Waals surface area (Å²) in [5.74, 6) is -1.31. The lowest BCUT2D eigenvalue weighted by molar-refractivity contribution is -0.149. The van der Waals surface area contributed by atoms with Gasteiger partial charge in [-0.1, -0.05) is 12.2 Å². The van der Waals surface area contributed by atoms with Gasteiger partial charge in [-0.05, 0) is 12.8 Å². The summed E-state index contributed by atoms with van der Waals surface area (Å²) < 4.78 is 0. The van der Waals surface area contributed by atoms with Crippen LogP contribution in [0.3, 0.4) is 0 Å². The minimum absolute atomic E-state index is 0.132. The van der Waals surface area contributed by atoms with E-state index in [1.165, 1.54) is 4.90 Å². The molecule has 0 spiro atoms. The minimum atomic E-state index is -1.03. The zero-order chi connectivity index (χ0) is 11.7. The molecule has 5 nitrogen and oxygen atoms in total. The second-order valence-electron chi connectivity index (χ2n) is 4.37. The molecule has 2 N–H and O–H groups in total. The van der Waals surface area contributed by atoms with Crippen LogP contribution in [-0.2, 0) is 9.59 Å². The normalized spacial score (nSPS) is 29.9. The lowest BCUT2D eigenvalue weighted by Crippen LogP contribution is -2.43. The van der Waals surface area contributed by atoms with Gasteiger partial charge in [-0.2, -0.15) is 0 Å². The first-order valence-electron chi connectivity index (χ1n) is 5.46. The van der Waals surface area contributed by atoms with Gasteiger partial charge in [0.15, 0.2) is 0 Å². The van der Waals surface area contributed by atoms with Gasteiger partial charge in [0.2, 0.25) is 5.91 Å². The molecule has 0 aromatic heterocycles. The molecular formula is C11H15NO4. The SMILES string of the molecule is O=C(O)[C@@H]1CC(O)CN1C(=O)C1CC=CC1. The summed E-state index contributed by atoms with van der Waals surface area (Å²) in [5.41, 5.74) is 0. The van der Waals surface area contributed by atoms with Gasteiger partial charge in [0.05, 0.1) is 6.10 Å². The van der Waals surface area contributed by atoms with Gasteiger partial charge in [-0.25, -0.2) is 4.79 Å². The Kier molecular flexibility index (Phi) is 2.96.